The predicted molar refractivity (Wildman–Crippen MR) is 132 cm³/mol. The van der Waals surface area contributed by atoms with Gasteiger partial charge in [-0.15, -0.1) is 0 Å². The molecule has 0 saturated heterocycles. The molecule has 0 aliphatic heterocycles. The van der Waals surface area contributed by atoms with E-state index < -0.39 is 29.0 Å². The maximum atomic E-state index is 13.5. The topological polar surface area (TPSA) is 29.1 Å². The van der Waals surface area contributed by atoms with Crippen LogP contribution >= 0.6 is 0 Å². The quantitative estimate of drug-likeness (QED) is 0.207. The molecule has 0 fully saturated rings. The first-order valence-corrected chi connectivity index (χ1v) is 11.3. The van der Waals surface area contributed by atoms with Crippen LogP contribution in [0, 0.1) is 17.5 Å². The van der Waals surface area contributed by atoms with Gasteiger partial charge in [-0.3, -0.25) is 4.79 Å². The number of carbonyl (C=O) groups is 1. The Hall–Kier alpha value is -3.08. The number of amides is 1. The summed E-state index contributed by atoms with van der Waals surface area (Å²) in [4.78, 5) is 11.8. The molecule has 0 bridgehead atoms. The molecule has 5 heteroatoms. The fourth-order valence-corrected chi connectivity index (χ4v) is 2.76. The van der Waals surface area contributed by atoms with Crippen molar-refractivity contribution in [2.45, 2.75) is 58.3 Å². The first-order chi connectivity index (χ1) is 16.0. The zero-order valence-corrected chi connectivity index (χ0v) is 19.3. The Balaban J connectivity index is 2.08. The van der Waals surface area contributed by atoms with Crippen molar-refractivity contribution in [3.05, 3.63) is 102 Å². The Kier molecular flexibility index (Phi) is 15.7. The molecule has 0 spiro atoms. The minimum atomic E-state index is -1.12. The molecule has 0 atom stereocenters. The molecule has 0 aliphatic rings. The minimum absolute atomic E-state index is 0.127. The van der Waals surface area contributed by atoms with Crippen LogP contribution < -0.4 is 5.32 Å². The van der Waals surface area contributed by atoms with E-state index in [4.69, 9.17) is 0 Å². The Morgan fingerprint density at radius 2 is 1.15 bits per heavy atom. The zero-order chi connectivity index (χ0) is 24.2. The lowest BCUT2D eigenvalue weighted by molar-refractivity contribution is -0.116. The molecule has 33 heavy (non-hydrogen) atoms. The van der Waals surface area contributed by atoms with Crippen molar-refractivity contribution >= 4 is 11.6 Å². The summed E-state index contributed by atoms with van der Waals surface area (Å²) in [5, 5.41) is 2.16. The van der Waals surface area contributed by atoms with Crippen molar-refractivity contribution in [1.82, 2.24) is 0 Å². The molecule has 0 radical (unpaired) electrons. The van der Waals surface area contributed by atoms with Crippen LogP contribution in [0.5, 0.6) is 0 Å². The van der Waals surface area contributed by atoms with Crippen LogP contribution in [0.3, 0.4) is 0 Å². The molecule has 0 unspecified atom stereocenters. The van der Waals surface area contributed by atoms with Crippen LogP contribution in [-0.2, 0) is 4.79 Å². The van der Waals surface area contributed by atoms with Gasteiger partial charge in [0.15, 0.2) is 11.6 Å². The van der Waals surface area contributed by atoms with E-state index >= 15 is 0 Å². The molecule has 178 valence electrons. The standard InChI is InChI=1S/C28H34F3NO/c1-2-3-4-5-6-7-8-9-10-11-12-13-14-15-16-17-18-19-20-21-27(33)32-28-25(30)22-24(29)23-26(28)31/h2-3,5-6,8-9,11-12,14-15,17-18,22-23H,4,7,10,13,16,19-21H2,1H3,(H,32,33)/b3-2+,6-5+,9-8+,12-11+,15-14+,18-17+. The molecule has 0 aromatic heterocycles. The highest BCUT2D eigenvalue weighted by Gasteiger charge is 2.13. The van der Waals surface area contributed by atoms with Gasteiger partial charge in [-0.2, -0.15) is 0 Å². The molecule has 1 N–H and O–H groups in total. The van der Waals surface area contributed by atoms with Crippen LogP contribution in [0.1, 0.15) is 58.3 Å². The van der Waals surface area contributed by atoms with Crippen LogP contribution in [-0.4, -0.2) is 5.91 Å². The van der Waals surface area contributed by atoms with Crippen molar-refractivity contribution in [2.75, 3.05) is 5.32 Å². The lowest BCUT2D eigenvalue weighted by atomic mass is 10.2. The molecule has 2 nitrogen and oxygen atoms in total. The summed E-state index contributed by atoms with van der Waals surface area (Å²) < 4.78 is 39.9. The normalized spacial score (nSPS) is 12.6. The number of halogens is 3. The van der Waals surface area contributed by atoms with E-state index in [1.54, 1.807) is 0 Å². The maximum absolute atomic E-state index is 13.5. The van der Waals surface area contributed by atoms with Gasteiger partial charge in [0, 0.05) is 18.6 Å². The summed E-state index contributed by atoms with van der Waals surface area (Å²) in [5.41, 5.74) is -0.611. The van der Waals surface area contributed by atoms with Gasteiger partial charge in [0.25, 0.3) is 0 Å². The third kappa shape index (κ3) is 14.6. The van der Waals surface area contributed by atoms with Gasteiger partial charge in [0.05, 0.1) is 0 Å². The zero-order valence-electron chi connectivity index (χ0n) is 19.3. The largest absolute Gasteiger partial charge is 0.321 e. The fraction of sp³-hybridized carbons (Fsp3) is 0.321. The van der Waals surface area contributed by atoms with E-state index in [1.807, 2.05) is 25.2 Å². The minimum Gasteiger partial charge on any atom is -0.321 e. The molecule has 0 heterocycles. The summed E-state index contributed by atoms with van der Waals surface area (Å²) >= 11 is 0. The van der Waals surface area contributed by atoms with Crippen molar-refractivity contribution in [3.63, 3.8) is 0 Å². The van der Waals surface area contributed by atoms with E-state index in [1.165, 1.54) is 0 Å². The molecule has 0 saturated carbocycles. The van der Waals surface area contributed by atoms with Crippen LogP contribution in [0.2, 0.25) is 0 Å². The Morgan fingerprint density at radius 1 is 0.727 bits per heavy atom. The van der Waals surface area contributed by atoms with Gasteiger partial charge in [-0.1, -0.05) is 72.9 Å². The lowest BCUT2D eigenvalue weighted by Crippen LogP contribution is -2.13. The molecule has 0 aliphatic carbocycles. The number of hydrogen-bond acceptors (Lipinski definition) is 1. The molecular formula is C28H34F3NO. The van der Waals surface area contributed by atoms with Crippen LogP contribution in [0.4, 0.5) is 18.9 Å². The van der Waals surface area contributed by atoms with Gasteiger partial charge >= 0.3 is 0 Å². The Labute approximate surface area is 196 Å². The van der Waals surface area contributed by atoms with Crippen LogP contribution in [0.15, 0.2) is 85.0 Å². The van der Waals surface area contributed by atoms with Crippen molar-refractivity contribution < 1.29 is 18.0 Å². The van der Waals surface area contributed by atoms with E-state index in [0.717, 1.165) is 32.1 Å². The third-order valence-electron chi connectivity index (χ3n) is 4.48. The first-order valence-electron chi connectivity index (χ1n) is 11.3. The molecule has 1 rings (SSSR count). The monoisotopic (exact) mass is 457 g/mol. The van der Waals surface area contributed by atoms with E-state index in [2.05, 4.69) is 60.0 Å². The maximum Gasteiger partial charge on any atom is 0.224 e. The summed E-state index contributed by atoms with van der Waals surface area (Å²) in [7, 11) is 0. The van der Waals surface area contributed by atoms with E-state index in [-0.39, 0.29) is 6.42 Å². The number of nitrogens with one attached hydrogen (secondary N) is 1. The average molecular weight is 458 g/mol. The Morgan fingerprint density at radius 3 is 1.61 bits per heavy atom. The van der Waals surface area contributed by atoms with Gasteiger partial charge < -0.3 is 5.32 Å². The van der Waals surface area contributed by atoms with E-state index in [9.17, 15) is 18.0 Å². The van der Waals surface area contributed by atoms with Gasteiger partial charge in [0.2, 0.25) is 5.91 Å². The number of carbonyl (C=O) groups excluding carboxylic acids is 1. The number of rotatable bonds is 15. The summed E-state index contributed by atoms with van der Waals surface area (Å²) in [5.74, 6) is -3.77. The highest BCUT2D eigenvalue weighted by atomic mass is 19.1. The van der Waals surface area contributed by atoms with Crippen molar-refractivity contribution in [3.8, 4) is 0 Å². The highest BCUT2D eigenvalue weighted by molar-refractivity contribution is 5.90. The number of hydrogen-bond donors (Lipinski definition) is 1. The number of allylic oxidation sites excluding steroid dienone is 12. The molecular weight excluding hydrogens is 423 g/mol. The third-order valence-corrected chi connectivity index (χ3v) is 4.48. The number of benzene rings is 1. The highest BCUT2D eigenvalue weighted by Crippen LogP contribution is 2.20. The number of anilines is 1. The number of unbranched alkanes of at least 4 members (excludes halogenated alkanes) is 1. The second kappa shape index (κ2) is 18.5. The summed E-state index contributed by atoms with van der Waals surface area (Å²) in [6.07, 6.45) is 31.3. The summed E-state index contributed by atoms with van der Waals surface area (Å²) in [6, 6.07) is 1.07. The fourth-order valence-electron chi connectivity index (χ4n) is 2.76. The average Bonchev–Trinajstić information content (AvgIpc) is 2.77. The van der Waals surface area contributed by atoms with Gasteiger partial charge in [0.1, 0.15) is 11.5 Å². The predicted octanol–water partition coefficient (Wildman–Crippen LogP) is 8.52. The van der Waals surface area contributed by atoms with Crippen LogP contribution in [0.25, 0.3) is 0 Å². The van der Waals surface area contributed by atoms with E-state index in [0.29, 0.717) is 25.0 Å². The van der Waals surface area contributed by atoms with Gasteiger partial charge in [-0.05, 0) is 51.9 Å². The summed E-state index contributed by atoms with van der Waals surface area (Å²) in [6.45, 7) is 2.02. The van der Waals surface area contributed by atoms with Crippen molar-refractivity contribution in [1.29, 1.82) is 0 Å². The second-order valence-corrected chi connectivity index (χ2v) is 7.29. The molecule has 1 amide bonds. The van der Waals surface area contributed by atoms with Crippen molar-refractivity contribution in [2.24, 2.45) is 0 Å². The van der Waals surface area contributed by atoms with Gasteiger partial charge in [-0.25, -0.2) is 13.2 Å². The second-order valence-electron chi connectivity index (χ2n) is 7.29. The molecule has 1 aromatic rings. The smallest absolute Gasteiger partial charge is 0.224 e. The first kappa shape index (κ1) is 28.0. The SMILES string of the molecule is C/C=C/C/C=C/C/C=C/C/C=C/C/C=C/C/C=C/CCCC(=O)Nc1c(F)cc(F)cc1F. The Bertz CT molecular complexity index is 856. The molecule has 1 aromatic carbocycles. The lowest BCUT2D eigenvalue weighted by Gasteiger charge is -2.07.